The molecule has 0 fully saturated rings. The molecule has 4 heteroatoms. The van der Waals surface area contributed by atoms with Crippen molar-refractivity contribution in [3.63, 3.8) is 0 Å². The van der Waals surface area contributed by atoms with Crippen LogP contribution < -0.4 is 10.5 Å². The summed E-state index contributed by atoms with van der Waals surface area (Å²) in [6.07, 6.45) is 1.91. The topological polar surface area (TPSA) is 55.1 Å². The van der Waals surface area contributed by atoms with Gasteiger partial charge in [-0.2, -0.15) is 0 Å². The van der Waals surface area contributed by atoms with Crippen LogP contribution in [0.1, 0.15) is 12.8 Å². The third-order valence-corrected chi connectivity index (χ3v) is 4.04. The van der Waals surface area contributed by atoms with Gasteiger partial charge >= 0.3 is 0 Å². The van der Waals surface area contributed by atoms with E-state index in [0.29, 0.717) is 6.54 Å². The lowest BCUT2D eigenvalue weighted by Crippen LogP contribution is -2.19. The molecule has 0 aromatic heterocycles. The average molecular weight is 262 g/mol. The van der Waals surface area contributed by atoms with Gasteiger partial charge in [-0.3, -0.25) is 0 Å². The first-order valence-electron chi connectivity index (χ1n) is 6.16. The summed E-state index contributed by atoms with van der Waals surface area (Å²) in [6.45, 7) is 1.41. The number of rotatable bonds is 6. The van der Waals surface area contributed by atoms with Gasteiger partial charge in [-0.1, -0.05) is 36.4 Å². The Morgan fingerprint density at radius 2 is 1.83 bits per heavy atom. The summed E-state index contributed by atoms with van der Waals surface area (Å²) in [5, 5.41) is 2.16. The van der Waals surface area contributed by atoms with Crippen LogP contribution in [0.15, 0.2) is 47.4 Å². The van der Waals surface area contributed by atoms with E-state index in [9.17, 15) is 4.21 Å². The normalized spacial score (nSPS) is 12.7. The van der Waals surface area contributed by atoms with Gasteiger partial charge in [-0.25, -0.2) is 8.93 Å². The van der Waals surface area contributed by atoms with E-state index in [4.69, 9.17) is 5.73 Å². The number of nitrogens with two attached hydrogens (primary N) is 1. The molecule has 18 heavy (non-hydrogen) atoms. The van der Waals surface area contributed by atoms with Gasteiger partial charge in [0.25, 0.3) is 0 Å². The van der Waals surface area contributed by atoms with Crippen LogP contribution in [0.4, 0.5) is 0 Å². The zero-order valence-electron chi connectivity index (χ0n) is 10.3. The largest absolute Gasteiger partial charge is 0.330 e. The van der Waals surface area contributed by atoms with Crippen molar-refractivity contribution in [1.82, 2.24) is 4.72 Å². The number of nitrogens with one attached hydrogen (secondary N) is 1. The van der Waals surface area contributed by atoms with E-state index in [0.717, 1.165) is 35.1 Å². The Bertz CT molecular complexity index is 537. The fourth-order valence-electron chi connectivity index (χ4n) is 1.87. The summed E-state index contributed by atoms with van der Waals surface area (Å²) in [6, 6.07) is 13.9. The standard InChI is InChI=1S/C14H18N2OS/c15-10-3-4-11-16-18(17)14-9-5-7-12-6-1-2-8-13(12)14/h1-2,5-9,16H,3-4,10-11,15H2. The van der Waals surface area contributed by atoms with Crippen LogP contribution in [-0.2, 0) is 11.0 Å². The summed E-state index contributed by atoms with van der Waals surface area (Å²) in [5.74, 6) is 0. The second-order valence-electron chi connectivity index (χ2n) is 4.14. The van der Waals surface area contributed by atoms with E-state index in [1.165, 1.54) is 0 Å². The van der Waals surface area contributed by atoms with Crippen LogP contribution in [0, 0.1) is 0 Å². The minimum Gasteiger partial charge on any atom is -0.330 e. The highest BCUT2D eigenvalue weighted by Gasteiger charge is 2.06. The lowest BCUT2D eigenvalue weighted by molar-refractivity contribution is 0.662. The lowest BCUT2D eigenvalue weighted by atomic mass is 10.1. The number of hydrogen-bond donors (Lipinski definition) is 2. The molecule has 0 radical (unpaired) electrons. The first kappa shape index (κ1) is 13.2. The zero-order chi connectivity index (χ0) is 12.8. The molecule has 1 unspecified atom stereocenters. The van der Waals surface area contributed by atoms with Gasteiger partial charge in [0, 0.05) is 6.54 Å². The Labute approximate surface area is 110 Å². The number of benzene rings is 2. The van der Waals surface area contributed by atoms with Gasteiger partial charge in [0.15, 0.2) is 0 Å². The molecule has 0 aliphatic rings. The van der Waals surface area contributed by atoms with E-state index in [2.05, 4.69) is 4.72 Å². The second kappa shape index (κ2) is 6.64. The van der Waals surface area contributed by atoms with Gasteiger partial charge in [-0.05, 0) is 36.2 Å². The summed E-state index contributed by atoms with van der Waals surface area (Å²) in [7, 11) is -1.15. The van der Waals surface area contributed by atoms with E-state index >= 15 is 0 Å². The molecule has 0 saturated carbocycles. The van der Waals surface area contributed by atoms with Crippen LogP contribution in [0.2, 0.25) is 0 Å². The molecule has 0 amide bonds. The van der Waals surface area contributed by atoms with Crippen LogP contribution in [0.25, 0.3) is 10.8 Å². The highest BCUT2D eigenvalue weighted by atomic mass is 32.2. The summed E-state index contributed by atoms with van der Waals surface area (Å²) >= 11 is 0. The molecule has 0 bridgehead atoms. The minimum absolute atomic E-state index is 0.683. The third-order valence-electron chi connectivity index (χ3n) is 2.81. The molecule has 2 rings (SSSR count). The molecule has 96 valence electrons. The maximum atomic E-state index is 12.2. The maximum absolute atomic E-state index is 12.2. The van der Waals surface area contributed by atoms with Gasteiger partial charge in [0.2, 0.25) is 0 Å². The molecule has 3 N–H and O–H groups in total. The molecule has 0 spiro atoms. The minimum atomic E-state index is -1.15. The molecule has 0 saturated heterocycles. The highest BCUT2D eigenvalue weighted by Crippen LogP contribution is 2.20. The van der Waals surface area contributed by atoms with Crippen LogP contribution in [0.5, 0.6) is 0 Å². The third kappa shape index (κ3) is 3.16. The molecular formula is C14H18N2OS. The van der Waals surface area contributed by atoms with E-state index in [1.807, 2.05) is 42.5 Å². The van der Waals surface area contributed by atoms with Crippen molar-refractivity contribution in [2.75, 3.05) is 13.1 Å². The predicted octanol–water partition coefficient (Wildman–Crippen LogP) is 2.19. The number of hydrogen-bond acceptors (Lipinski definition) is 2. The molecule has 0 aliphatic carbocycles. The molecule has 0 heterocycles. The SMILES string of the molecule is NCCCCNS(=O)c1cccc2ccccc12. The van der Waals surface area contributed by atoms with Crippen molar-refractivity contribution in [2.24, 2.45) is 5.73 Å². The zero-order valence-corrected chi connectivity index (χ0v) is 11.1. The highest BCUT2D eigenvalue weighted by molar-refractivity contribution is 7.83. The number of unbranched alkanes of at least 4 members (excludes halogenated alkanes) is 1. The van der Waals surface area contributed by atoms with Crippen LogP contribution >= 0.6 is 0 Å². The van der Waals surface area contributed by atoms with Crippen molar-refractivity contribution in [2.45, 2.75) is 17.7 Å². The fourth-order valence-corrected chi connectivity index (χ4v) is 2.94. The second-order valence-corrected chi connectivity index (χ2v) is 5.40. The smallest absolute Gasteiger partial charge is 0.125 e. The molecular weight excluding hydrogens is 244 g/mol. The molecule has 0 aliphatic heterocycles. The Balaban J connectivity index is 2.13. The molecule has 1 atom stereocenters. The van der Waals surface area contributed by atoms with Crippen molar-refractivity contribution in [3.8, 4) is 0 Å². The van der Waals surface area contributed by atoms with Crippen molar-refractivity contribution < 1.29 is 4.21 Å². The van der Waals surface area contributed by atoms with Crippen LogP contribution in [0.3, 0.4) is 0 Å². The quantitative estimate of drug-likeness (QED) is 0.784. The summed E-state index contributed by atoms with van der Waals surface area (Å²) in [5.41, 5.74) is 5.43. The Morgan fingerprint density at radius 1 is 1.06 bits per heavy atom. The monoisotopic (exact) mass is 262 g/mol. The van der Waals surface area contributed by atoms with Crippen molar-refractivity contribution >= 4 is 21.8 Å². The Kier molecular flexibility index (Phi) is 4.87. The maximum Gasteiger partial charge on any atom is 0.125 e. The lowest BCUT2D eigenvalue weighted by Gasteiger charge is -2.07. The van der Waals surface area contributed by atoms with Crippen LogP contribution in [-0.4, -0.2) is 17.3 Å². The molecule has 2 aromatic rings. The Hall–Kier alpha value is -1.23. The molecule has 2 aromatic carbocycles. The van der Waals surface area contributed by atoms with E-state index < -0.39 is 11.0 Å². The number of fused-ring (bicyclic) bond motifs is 1. The van der Waals surface area contributed by atoms with E-state index in [1.54, 1.807) is 0 Å². The predicted molar refractivity (Wildman–Crippen MR) is 76.6 cm³/mol. The van der Waals surface area contributed by atoms with Gasteiger partial charge in [0.1, 0.15) is 11.0 Å². The van der Waals surface area contributed by atoms with Crippen molar-refractivity contribution in [3.05, 3.63) is 42.5 Å². The van der Waals surface area contributed by atoms with E-state index in [-0.39, 0.29) is 0 Å². The fraction of sp³-hybridized carbons (Fsp3) is 0.286. The first-order chi connectivity index (χ1) is 8.83. The molecule has 3 nitrogen and oxygen atoms in total. The van der Waals surface area contributed by atoms with Gasteiger partial charge in [0.05, 0.1) is 4.90 Å². The van der Waals surface area contributed by atoms with Gasteiger partial charge < -0.3 is 5.73 Å². The van der Waals surface area contributed by atoms with Gasteiger partial charge in [-0.15, -0.1) is 0 Å². The average Bonchev–Trinajstić information content (AvgIpc) is 2.43. The summed E-state index contributed by atoms with van der Waals surface area (Å²) in [4.78, 5) is 0.848. The Morgan fingerprint density at radius 3 is 2.67 bits per heavy atom. The summed E-state index contributed by atoms with van der Waals surface area (Å²) < 4.78 is 15.2. The van der Waals surface area contributed by atoms with Crippen molar-refractivity contribution in [1.29, 1.82) is 0 Å². The first-order valence-corrected chi connectivity index (χ1v) is 7.31.